The smallest absolute Gasteiger partial charge is 0.333 e. The Kier molecular flexibility index (Phi) is 7.64. The number of hydrogen-bond donors (Lipinski definition) is 1. The van der Waals surface area contributed by atoms with Crippen molar-refractivity contribution in [1.82, 2.24) is 19.4 Å². The van der Waals surface area contributed by atoms with Crippen LogP contribution in [-0.2, 0) is 11.2 Å². The molecule has 0 bridgehead atoms. The Morgan fingerprint density at radius 2 is 1.73 bits per heavy atom. The van der Waals surface area contributed by atoms with E-state index in [1.54, 1.807) is 11.7 Å². The highest BCUT2D eigenvalue weighted by Gasteiger charge is 2.29. The van der Waals surface area contributed by atoms with Gasteiger partial charge in [0.2, 0.25) is 5.91 Å². The normalized spacial score (nSPS) is 20.6. The lowest BCUT2D eigenvalue weighted by atomic mass is 9.90. The number of pyridine rings is 1. The SMILES string of the molecule is COc1ccc(CC(=O)N[C@H]2CC[C@@H](n3c(=O)c4cc(F)cnc4n(C4CCSCC4)c3=O)CC2)cc1. The first-order chi connectivity index (χ1) is 17.9. The Bertz CT molecular complexity index is 1390. The van der Waals surface area contributed by atoms with E-state index >= 15 is 0 Å². The zero-order valence-corrected chi connectivity index (χ0v) is 21.6. The number of nitrogens with one attached hydrogen (secondary N) is 1. The molecular weight excluding hydrogens is 495 g/mol. The molecule has 1 saturated carbocycles. The van der Waals surface area contributed by atoms with Crippen LogP contribution >= 0.6 is 11.8 Å². The van der Waals surface area contributed by atoms with Crippen molar-refractivity contribution in [1.29, 1.82) is 0 Å². The van der Waals surface area contributed by atoms with Crippen LogP contribution in [0.15, 0.2) is 46.1 Å². The molecular formula is C27H31FN4O4S. The maximum Gasteiger partial charge on any atom is 0.333 e. The van der Waals surface area contributed by atoms with Crippen LogP contribution in [0, 0.1) is 5.82 Å². The summed E-state index contributed by atoms with van der Waals surface area (Å²) in [5.41, 5.74) is 0.321. The third kappa shape index (κ3) is 5.44. The third-order valence-electron chi connectivity index (χ3n) is 7.43. The fourth-order valence-corrected chi connectivity index (χ4v) is 6.57. The van der Waals surface area contributed by atoms with Gasteiger partial charge in [-0.15, -0.1) is 0 Å². The first kappa shape index (κ1) is 25.5. The number of hydrogen-bond acceptors (Lipinski definition) is 6. The Morgan fingerprint density at radius 3 is 2.41 bits per heavy atom. The lowest BCUT2D eigenvalue weighted by Gasteiger charge is -2.31. The van der Waals surface area contributed by atoms with Crippen LogP contribution in [0.1, 0.15) is 56.2 Å². The van der Waals surface area contributed by atoms with E-state index in [9.17, 15) is 18.8 Å². The van der Waals surface area contributed by atoms with Gasteiger partial charge in [0.25, 0.3) is 5.56 Å². The van der Waals surface area contributed by atoms with E-state index in [2.05, 4.69) is 10.3 Å². The quantitative estimate of drug-likeness (QED) is 0.527. The maximum atomic E-state index is 14.1. The van der Waals surface area contributed by atoms with Crippen molar-refractivity contribution < 1.29 is 13.9 Å². The summed E-state index contributed by atoms with van der Waals surface area (Å²) < 4.78 is 22.2. The second-order valence-electron chi connectivity index (χ2n) is 9.79. The van der Waals surface area contributed by atoms with E-state index in [1.807, 2.05) is 36.0 Å². The summed E-state index contributed by atoms with van der Waals surface area (Å²) in [6.45, 7) is 0. The number of aromatic nitrogens is 3. The molecule has 3 aromatic rings. The molecule has 2 aromatic heterocycles. The van der Waals surface area contributed by atoms with Crippen molar-refractivity contribution in [2.45, 2.75) is 63.1 Å². The Hall–Kier alpha value is -3.14. The number of thioether (sulfide) groups is 1. The number of nitrogens with zero attached hydrogens (tertiary/aromatic N) is 3. The minimum Gasteiger partial charge on any atom is -0.497 e. The Balaban J connectivity index is 1.33. The predicted molar refractivity (Wildman–Crippen MR) is 142 cm³/mol. The average molecular weight is 527 g/mol. The number of carbonyl (C=O) groups excluding carboxylic acids is 1. The van der Waals surface area contributed by atoms with Crippen LogP contribution in [0.4, 0.5) is 4.39 Å². The molecule has 1 amide bonds. The molecule has 10 heteroatoms. The van der Waals surface area contributed by atoms with E-state index in [1.165, 1.54) is 10.6 Å². The second-order valence-corrected chi connectivity index (χ2v) is 11.0. The number of ether oxygens (including phenoxy) is 1. The minimum absolute atomic E-state index is 0.0186. The van der Waals surface area contributed by atoms with E-state index in [0.29, 0.717) is 25.7 Å². The molecule has 8 nitrogen and oxygen atoms in total. The van der Waals surface area contributed by atoms with Gasteiger partial charge in [-0.3, -0.25) is 18.7 Å². The summed E-state index contributed by atoms with van der Waals surface area (Å²) in [4.78, 5) is 43.9. The van der Waals surface area contributed by atoms with Gasteiger partial charge in [-0.25, -0.2) is 14.2 Å². The third-order valence-corrected chi connectivity index (χ3v) is 8.48. The molecule has 1 saturated heterocycles. The van der Waals surface area contributed by atoms with Gasteiger partial charge in [-0.1, -0.05) is 12.1 Å². The second kappa shape index (κ2) is 11.1. The molecule has 196 valence electrons. The highest BCUT2D eigenvalue weighted by Crippen LogP contribution is 2.30. The summed E-state index contributed by atoms with van der Waals surface area (Å²) in [5, 5.41) is 3.24. The predicted octanol–water partition coefficient (Wildman–Crippen LogP) is 3.62. The summed E-state index contributed by atoms with van der Waals surface area (Å²) >= 11 is 1.84. The monoisotopic (exact) mass is 526 g/mol. The van der Waals surface area contributed by atoms with Crippen LogP contribution in [0.2, 0.25) is 0 Å². The van der Waals surface area contributed by atoms with Gasteiger partial charge in [-0.05, 0) is 73.8 Å². The fraction of sp³-hybridized carbons (Fsp3) is 0.481. The molecule has 1 aliphatic carbocycles. The van der Waals surface area contributed by atoms with E-state index in [-0.39, 0.29) is 47.2 Å². The molecule has 37 heavy (non-hydrogen) atoms. The van der Waals surface area contributed by atoms with Gasteiger partial charge in [0.15, 0.2) is 0 Å². The maximum absolute atomic E-state index is 14.1. The van der Waals surface area contributed by atoms with Crippen molar-refractivity contribution in [2.24, 2.45) is 0 Å². The van der Waals surface area contributed by atoms with Gasteiger partial charge >= 0.3 is 5.69 Å². The molecule has 1 N–H and O–H groups in total. The number of methoxy groups -OCH3 is 1. The van der Waals surface area contributed by atoms with Gasteiger partial charge in [0.1, 0.15) is 17.2 Å². The molecule has 1 aliphatic heterocycles. The lowest BCUT2D eigenvalue weighted by molar-refractivity contribution is -0.121. The van der Waals surface area contributed by atoms with Crippen molar-refractivity contribution >= 4 is 28.7 Å². The first-order valence-electron chi connectivity index (χ1n) is 12.8. The minimum atomic E-state index is -0.594. The van der Waals surface area contributed by atoms with Gasteiger partial charge in [-0.2, -0.15) is 11.8 Å². The number of amides is 1. The molecule has 0 radical (unpaired) electrons. The largest absolute Gasteiger partial charge is 0.497 e. The highest BCUT2D eigenvalue weighted by molar-refractivity contribution is 7.99. The summed E-state index contributed by atoms with van der Waals surface area (Å²) in [7, 11) is 1.60. The Morgan fingerprint density at radius 1 is 1.05 bits per heavy atom. The van der Waals surface area contributed by atoms with Crippen molar-refractivity contribution in [3.05, 3.63) is 68.7 Å². The number of benzene rings is 1. The standard InChI is InChI=1S/C27H31FN4O4S/c1-36-22-8-2-17(3-9-22)14-24(33)30-19-4-6-20(7-5-19)32-26(34)23-15-18(28)16-29-25(23)31(27(32)35)21-10-12-37-13-11-21/h2-3,8-9,15-16,19-21H,4-7,10-14H2,1H3,(H,30,33)/t19-,20+. The van der Waals surface area contributed by atoms with Crippen LogP contribution in [0.5, 0.6) is 5.75 Å². The van der Waals surface area contributed by atoms with Crippen molar-refractivity contribution in [2.75, 3.05) is 18.6 Å². The zero-order valence-electron chi connectivity index (χ0n) is 20.8. The number of halogens is 1. The van der Waals surface area contributed by atoms with Gasteiger partial charge in [0, 0.05) is 18.1 Å². The number of rotatable bonds is 6. The topological polar surface area (TPSA) is 95.2 Å². The molecule has 1 aromatic carbocycles. The first-order valence-corrected chi connectivity index (χ1v) is 13.9. The summed E-state index contributed by atoms with van der Waals surface area (Å²) in [6, 6.07) is 8.21. The summed E-state index contributed by atoms with van der Waals surface area (Å²) in [5.74, 6) is 1.95. The van der Waals surface area contributed by atoms with Crippen LogP contribution in [0.25, 0.3) is 11.0 Å². The van der Waals surface area contributed by atoms with E-state index in [4.69, 9.17) is 4.74 Å². The molecule has 2 fully saturated rings. The fourth-order valence-electron chi connectivity index (χ4n) is 5.49. The number of carbonyl (C=O) groups is 1. The lowest BCUT2D eigenvalue weighted by Crippen LogP contribution is -2.46. The van der Waals surface area contributed by atoms with Crippen LogP contribution in [-0.4, -0.2) is 44.7 Å². The zero-order chi connectivity index (χ0) is 25.9. The molecule has 0 unspecified atom stereocenters. The number of fused-ring (bicyclic) bond motifs is 1. The summed E-state index contributed by atoms with van der Waals surface area (Å²) in [6.07, 6.45) is 5.44. The molecule has 5 rings (SSSR count). The molecule has 2 aliphatic rings. The highest BCUT2D eigenvalue weighted by atomic mass is 32.2. The van der Waals surface area contributed by atoms with Crippen LogP contribution in [0.3, 0.4) is 0 Å². The van der Waals surface area contributed by atoms with Crippen molar-refractivity contribution in [3.63, 3.8) is 0 Å². The van der Waals surface area contributed by atoms with Crippen LogP contribution < -0.4 is 21.3 Å². The molecule has 0 atom stereocenters. The van der Waals surface area contributed by atoms with Gasteiger partial charge < -0.3 is 10.1 Å². The molecule has 0 spiro atoms. The average Bonchev–Trinajstić information content (AvgIpc) is 2.91. The van der Waals surface area contributed by atoms with Gasteiger partial charge in [0.05, 0.1) is 25.1 Å². The van der Waals surface area contributed by atoms with E-state index < -0.39 is 11.4 Å². The van der Waals surface area contributed by atoms with E-state index in [0.717, 1.165) is 41.9 Å². The molecule has 3 heterocycles. The Labute approximate surface area is 218 Å². The van der Waals surface area contributed by atoms with Crippen molar-refractivity contribution in [3.8, 4) is 5.75 Å².